The minimum absolute atomic E-state index is 0.139. The molecule has 1 aliphatic heterocycles. The van der Waals surface area contributed by atoms with Gasteiger partial charge in [-0.2, -0.15) is 11.8 Å². The number of hydrogen-bond donors (Lipinski definition) is 2. The summed E-state index contributed by atoms with van der Waals surface area (Å²) in [5.74, 6) is 2.05. The SMILES string of the molecule is CC(C)Oc1cc(NCC2(C)CCCS2)ccc1N. The molecule has 0 amide bonds. The highest BCUT2D eigenvalue weighted by molar-refractivity contribution is 8.00. The smallest absolute Gasteiger partial charge is 0.144 e. The van der Waals surface area contributed by atoms with Gasteiger partial charge in [0.2, 0.25) is 0 Å². The van der Waals surface area contributed by atoms with E-state index in [1.54, 1.807) is 0 Å². The van der Waals surface area contributed by atoms with Gasteiger partial charge in [-0.25, -0.2) is 0 Å². The molecular weight excluding hydrogens is 256 g/mol. The monoisotopic (exact) mass is 280 g/mol. The van der Waals surface area contributed by atoms with Crippen LogP contribution in [0.25, 0.3) is 0 Å². The minimum atomic E-state index is 0.139. The summed E-state index contributed by atoms with van der Waals surface area (Å²) in [5, 5.41) is 3.51. The van der Waals surface area contributed by atoms with Crippen molar-refractivity contribution in [3.05, 3.63) is 18.2 Å². The number of nitrogen functional groups attached to an aromatic ring is 1. The van der Waals surface area contributed by atoms with Crippen LogP contribution in [0.1, 0.15) is 33.6 Å². The molecule has 106 valence electrons. The highest BCUT2D eigenvalue weighted by Gasteiger charge is 2.29. The maximum atomic E-state index is 5.93. The molecule has 0 saturated carbocycles. The Kier molecular flexibility index (Phi) is 4.50. The van der Waals surface area contributed by atoms with Gasteiger partial charge in [0.1, 0.15) is 5.75 Å². The molecule has 1 fully saturated rings. The molecule has 1 aromatic rings. The average molecular weight is 280 g/mol. The van der Waals surface area contributed by atoms with Gasteiger partial charge in [-0.1, -0.05) is 0 Å². The fourth-order valence-corrected chi connectivity index (χ4v) is 3.51. The standard InChI is InChI=1S/C15H24N2OS/c1-11(2)18-14-9-12(5-6-13(14)16)17-10-15(3)7-4-8-19-15/h5-6,9,11,17H,4,7-8,10,16H2,1-3H3. The van der Waals surface area contributed by atoms with Crippen molar-refractivity contribution < 1.29 is 4.74 Å². The molecule has 0 aromatic heterocycles. The Morgan fingerprint density at radius 2 is 2.26 bits per heavy atom. The molecule has 0 aliphatic carbocycles. The zero-order valence-electron chi connectivity index (χ0n) is 12.0. The largest absolute Gasteiger partial charge is 0.489 e. The molecule has 1 aliphatic rings. The quantitative estimate of drug-likeness (QED) is 0.806. The number of nitrogens with two attached hydrogens (primary N) is 1. The second-order valence-corrected chi connectivity index (χ2v) is 7.36. The summed E-state index contributed by atoms with van der Waals surface area (Å²) in [4.78, 5) is 0. The van der Waals surface area contributed by atoms with E-state index in [-0.39, 0.29) is 6.10 Å². The van der Waals surface area contributed by atoms with Crippen LogP contribution in [-0.4, -0.2) is 23.1 Å². The van der Waals surface area contributed by atoms with E-state index < -0.39 is 0 Å². The lowest BCUT2D eigenvalue weighted by molar-refractivity contribution is 0.244. The van der Waals surface area contributed by atoms with E-state index in [2.05, 4.69) is 24.0 Å². The summed E-state index contributed by atoms with van der Waals surface area (Å²) >= 11 is 2.06. The van der Waals surface area contributed by atoms with Crippen LogP contribution in [0, 0.1) is 0 Å². The lowest BCUT2D eigenvalue weighted by atomic mass is 10.1. The Balaban J connectivity index is 2.00. The molecule has 0 spiro atoms. The number of rotatable bonds is 5. The molecule has 19 heavy (non-hydrogen) atoms. The topological polar surface area (TPSA) is 47.3 Å². The van der Waals surface area contributed by atoms with E-state index in [9.17, 15) is 0 Å². The zero-order valence-corrected chi connectivity index (χ0v) is 12.8. The van der Waals surface area contributed by atoms with Crippen molar-refractivity contribution in [3.63, 3.8) is 0 Å². The number of ether oxygens (including phenoxy) is 1. The summed E-state index contributed by atoms with van der Waals surface area (Å²) in [5.41, 5.74) is 7.70. The molecule has 1 saturated heterocycles. The van der Waals surface area contributed by atoms with Crippen LogP contribution in [0.3, 0.4) is 0 Å². The second kappa shape index (κ2) is 5.95. The van der Waals surface area contributed by atoms with Crippen molar-refractivity contribution in [3.8, 4) is 5.75 Å². The molecule has 1 unspecified atom stereocenters. The van der Waals surface area contributed by atoms with Gasteiger partial charge in [-0.15, -0.1) is 0 Å². The Bertz CT molecular complexity index is 428. The third kappa shape index (κ3) is 3.96. The first kappa shape index (κ1) is 14.4. The van der Waals surface area contributed by atoms with E-state index in [1.807, 2.05) is 32.0 Å². The van der Waals surface area contributed by atoms with Gasteiger partial charge in [0, 0.05) is 23.0 Å². The van der Waals surface area contributed by atoms with Crippen molar-refractivity contribution >= 4 is 23.1 Å². The van der Waals surface area contributed by atoms with E-state index in [1.165, 1.54) is 18.6 Å². The number of thioether (sulfide) groups is 1. The van der Waals surface area contributed by atoms with Crippen molar-refractivity contribution in [2.24, 2.45) is 0 Å². The van der Waals surface area contributed by atoms with Gasteiger partial charge in [-0.3, -0.25) is 0 Å². The number of anilines is 2. The van der Waals surface area contributed by atoms with E-state index in [0.29, 0.717) is 10.4 Å². The van der Waals surface area contributed by atoms with Crippen LogP contribution in [0.2, 0.25) is 0 Å². The van der Waals surface area contributed by atoms with Gasteiger partial charge in [0.25, 0.3) is 0 Å². The first-order chi connectivity index (χ1) is 8.98. The van der Waals surface area contributed by atoms with Gasteiger partial charge < -0.3 is 15.8 Å². The van der Waals surface area contributed by atoms with Crippen LogP contribution in [0.5, 0.6) is 5.75 Å². The molecule has 1 aromatic carbocycles. The molecule has 3 nitrogen and oxygen atoms in total. The van der Waals surface area contributed by atoms with Crippen molar-refractivity contribution in [1.82, 2.24) is 0 Å². The van der Waals surface area contributed by atoms with Gasteiger partial charge in [-0.05, 0) is 51.5 Å². The highest BCUT2D eigenvalue weighted by Crippen LogP contribution is 2.38. The average Bonchev–Trinajstić information content (AvgIpc) is 2.77. The first-order valence-electron chi connectivity index (χ1n) is 6.92. The Morgan fingerprint density at radius 3 is 2.89 bits per heavy atom. The van der Waals surface area contributed by atoms with Crippen molar-refractivity contribution in [1.29, 1.82) is 0 Å². The van der Waals surface area contributed by atoms with Crippen LogP contribution in [0.4, 0.5) is 11.4 Å². The second-order valence-electron chi connectivity index (χ2n) is 5.67. The maximum Gasteiger partial charge on any atom is 0.144 e. The summed E-state index contributed by atoms with van der Waals surface area (Å²) < 4.78 is 6.07. The van der Waals surface area contributed by atoms with Crippen molar-refractivity contribution in [2.45, 2.75) is 44.5 Å². The van der Waals surface area contributed by atoms with E-state index in [4.69, 9.17) is 10.5 Å². The predicted octanol–water partition coefficient (Wildman–Crippen LogP) is 3.75. The third-order valence-electron chi connectivity index (χ3n) is 3.34. The first-order valence-corrected chi connectivity index (χ1v) is 7.91. The lowest BCUT2D eigenvalue weighted by Crippen LogP contribution is -2.27. The van der Waals surface area contributed by atoms with E-state index in [0.717, 1.165) is 18.0 Å². The number of benzene rings is 1. The predicted molar refractivity (Wildman–Crippen MR) is 85.2 cm³/mol. The van der Waals surface area contributed by atoms with Crippen molar-refractivity contribution in [2.75, 3.05) is 23.3 Å². The summed E-state index contributed by atoms with van der Waals surface area (Å²) in [6.45, 7) is 7.34. The summed E-state index contributed by atoms with van der Waals surface area (Å²) in [7, 11) is 0. The fourth-order valence-electron chi connectivity index (χ4n) is 2.27. The highest BCUT2D eigenvalue weighted by atomic mass is 32.2. The molecule has 1 heterocycles. The summed E-state index contributed by atoms with van der Waals surface area (Å²) in [6.07, 6.45) is 2.75. The van der Waals surface area contributed by atoms with Crippen LogP contribution in [0.15, 0.2) is 18.2 Å². The molecular formula is C15H24N2OS. The minimum Gasteiger partial charge on any atom is -0.489 e. The molecule has 0 bridgehead atoms. The van der Waals surface area contributed by atoms with Gasteiger partial charge in [0.15, 0.2) is 0 Å². The van der Waals surface area contributed by atoms with Crippen LogP contribution < -0.4 is 15.8 Å². The lowest BCUT2D eigenvalue weighted by Gasteiger charge is -2.24. The Labute approximate surface area is 120 Å². The fraction of sp³-hybridized carbons (Fsp3) is 0.600. The molecule has 0 radical (unpaired) electrons. The number of nitrogens with one attached hydrogen (secondary N) is 1. The molecule has 1 atom stereocenters. The van der Waals surface area contributed by atoms with Gasteiger partial charge >= 0.3 is 0 Å². The van der Waals surface area contributed by atoms with E-state index >= 15 is 0 Å². The maximum absolute atomic E-state index is 5.93. The Morgan fingerprint density at radius 1 is 1.47 bits per heavy atom. The Hall–Kier alpha value is -1.03. The zero-order chi connectivity index (χ0) is 13.9. The van der Waals surface area contributed by atoms with Gasteiger partial charge in [0.05, 0.1) is 11.8 Å². The third-order valence-corrected chi connectivity index (χ3v) is 4.88. The molecule has 4 heteroatoms. The van der Waals surface area contributed by atoms with Crippen LogP contribution in [-0.2, 0) is 0 Å². The summed E-state index contributed by atoms with van der Waals surface area (Å²) in [6, 6.07) is 5.92. The number of hydrogen-bond acceptors (Lipinski definition) is 4. The molecule has 3 N–H and O–H groups in total. The normalized spacial score (nSPS) is 22.7. The molecule has 2 rings (SSSR count). The van der Waals surface area contributed by atoms with Crippen LogP contribution >= 0.6 is 11.8 Å².